The quantitative estimate of drug-likeness (QED) is 0.937. The maximum absolute atomic E-state index is 12.2. The molecule has 1 amide bonds. The van der Waals surface area contributed by atoms with Gasteiger partial charge < -0.3 is 9.84 Å². The van der Waals surface area contributed by atoms with Crippen LogP contribution in [0.25, 0.3) is 0 Å². The summed E-state index contributed by atoms with van der Waals surface area (Å²) in [5, 5.41) is 7.48. The summed E-state index contributed by atoms with van der Waals surface area (Å²) in [6.45, 7) is 1.77. The first-order valence-corrected chi connectivity index (χ1v) is 7.01. The molecule has 1 N–H and O–H groups in total. The second-order valence-electron chi connectivity index (χ2n) is 5.16. The van der Waals surface area contributed by atoms with Crippen molar-refractivity contribution in [3.05, 3.63) is 52.4 Å². The number of carbonyl (C=O) groups is 1. The van der Waals surface area contributed by atoms with Crippen LogP contribution in [0.15, 0.2) is 34.9 Å². The third-order valence-electron chi connectivity index (χ3n) is 3.47. The van der Waals surface area contributed by atoms with Crippen LogP contribution in [-0.4, -0.2) is 11.1 Å². The average molecular weight is 291 g/mol. The first-order chi connectivity index (χ1) is 9.63. The predicted molar refractivity (Wildman–Crippen MR) is 75.6 cm³/mol. The molecule has 1 aromatic carbocycles. The van der Waals surface area contributed by atoms with Crippen LogP contribution in [0.2, 0.25) is 5.02 Å². The predicted octanol–water partition coefficient (Wildman–Crippen LogP) is 3.52. The molecule has 0 bridgehead atoms. The Morgan fingerprint density at radius 1 is 1.40 bits per heavy atom. The second-order valence-corrected chi connectivity index (χ2v) is 5.60. The van der Waals surface area contributed by atoms with Crippen LogP contribution in [0, 0.1) is 12.8 Å². The van der Waals surface area contributed by atoms with E-state index in [2.05, 4.69) is 10.5 Å². The maximum Gasteiger partial charge on any atom is 0.273 e. The van der Waals surface area contributed by atoms with Crippen LogP contribution in [0.1, 0.15) is 40.7 Å². The van der Waals surface area contributed by atoms with Gasteiger partial charge in [-0.2, -0.15) is 0 Å². The van der Waals surface area contributed by atoms with E-state index in [1.807, 2.05) is 24.3 Å². The number of benzene rings is 1. The molecule has 1 aliphatic rings. The zero-order chi connectivity index (χ0) is 14.1. The van der Waals surface area contributed by atoms with Gasteiger partial charge in [-0.25, -0.2) is 0 Å². The molecule has 1 aromatic heterocycles. The van der Waals surface area contributed by atoms with Crippen molar-refractivity contribution >= 4 is 17.5 Å². The fourth-order valence-corrected chi connectivity index (χ4v) is 2.39. The smallest absolute Gasteiger partial charge is 0.273 e. The standard InChI is InChI=1S/C15H15ClN2O2/c1-9-8-13(18-20-9)15(19)17-14(10-2-3-10)11-4-6-12(16)7-5-11/h4-8,10,14H,2-3H2,1H3,(H,17,19). The molecule has 2 aromatic rings. The van der Waals surface area contributed by atoms with Gasteiger partial charge in [0.05, 0.1) is 6.04 Å². The first-order valence-electron chi connectivity index (χ1n) is 6.63. The third kappa shape index (κ3) is 2.85. The van der Waals surface area contributed by atoms with E-state index in [4.69, 9.17) is 16.1 Å². The molecule has 5 heteroatoms. The Bertz CT molecular complexity index is 617. The molecular weight excluding hydrogens is 276 g/mol. The zero-order valence-corrected chi connectivity index (χ0v) is 11.9. The molecule has 0 aliphatic heterocycles. The van der Waals surface area contributed by atoms with Gasteiger partial charge in [-0.15, -0.1) is 0 Å². The lowest BCUT2D eigenvalue weighted by Crippen LogP contribution is -2.30. The van der Waals surface area contributed by atoms with Crippen LogP contribution in [-0.2, 0) is 0 Å². The summed E-state index contributed by atoms with van der Waals surface area (Å²) in [5.41, 5.74) is 1.40. The van der Waals surface area contributed by atoms with Crippen molar-refractivity contribution < 1.29 is 9.32 Å². The van der Waals surface area contributed by atoms with Crippen LogP contribution < -0.4 is 5.32 Å². The number of aryl methyl sites for hydroxylation is 1. The summed E-state index contributed by atoms with van der Waals surface area (Å²) in [6.07, 6.45) is 2.26. The molecule has 104 valence electrons. The lowest BCUT2D eigenvalue weighted by molar-refractivity contribution is 0.0922. The van der Waals surface area contributed by atoms with Crippen molar-refractivity contribution in [1.82, 2.24) is 10.5 Å². The number of rotatable bonds is 4. The van der Waals surface area contributed by atoms with Crippen molar-refractivity contribution in [2.24, 2.45) is 5.92 Å². The van der Waals surface area contributed by atoms with Crippen molar-refractivity contribution in [1.29, 1.82) is 0 Å². The van der Waals surface area contributed by atoms with Gasteiger partial charge in [0.15, 0.2) is 5.69 Å². The third-order valence-corrected chi connectivity index (χ3v) is 3.72. The highest BCUT2D eigenvalue weighted by Crippen LogP contribution is 2.41. The molecule has 1 unspecified atom stereocenters. The minimum absolute atomic E-state index is 0.0109. The van der Waals surface area contributed by atoms with Crippen molar-refractivity contribution in [2.75, 3.05) is 0 Å². The fourth-order valence-electron chi connectivity index (χ4n) is 2.26. The van der Waals surface area contributed by atoms with Gasteiger partial charge in [-0.1, -0.05) is 28.9 Å². The van der Waals surface area contributed by atoms with Crippen LogP contribution in [0.4, 0.5) is 0 Å². The minimum Gasteiger partial charge on any atom is -0.361 e. The van der Waals surface area contributed by atoms with E-state index in [9.17, 15) is 4.79 Å². The van der Waals surface area contributed by atoms with E-state index < -0.39 is 0 Å². The molecule has 20 heavy (non-hydrogen) atoms. The lowest BCUT2D eigenvalue weighted by Gasteiger charge is -2.18. The van der Waals surface area contributed by atoms with E-state index in [0.29, 0.717) is 22.4 Å². The maximum atomic E-state index is 12.2. The topological polar surface area (TPSA) is 55.1 Å². The van der Waals surface area contributed by atoms with E-state index >= 15 is 0 Å². The molecule has 4 nitrogen and oxygen atoms in total. The number of hydrogen-bond acceptors (Lipinski definition) is 3. The molecule has 0 spiro atoms. The highest BCUT2D eigenvalue weighted by molar-refractivity contribution is 6.30. The molecule has 1 aliphatic carbocycles. The Morgan fingerprint density at radius 3 is 2.65 bits per heavy atom. The van der Waals surface area contributed by atoms with Gasteiger partial charge in [0.25, 0.3) is 5.91 Å². The van der Waals surface area contributed by atoms with Crippen LogP contribution in [0.5, 0.6) is 0 Å². The van der Waals surface area contributed by atoms with Crippen molar-refractivity contribution in [3.8, 4) is 0 Å². The van der Waals surface area contributed by atoms with Gasteiger partial charge in [0.1, 0.15) is 5.76 Å². The summed E-state index contributed by atoms with van der Waals surface area (Å²) >= 11 is 5.91. The molecule has 1 atom stereocenters. The lowest BCUT2D eigenvalue weighted by atomic mass is 10.0. The molecule has 3 rings (SSSR count). The monoisotopic (exact) mass is 290 g/mol. The van der Waals surface area contributed by atoms with Crippen LogP contribution in [0.3, 0.4) is 0 Å². The molecular formula is C15H15ClN2O2. The van der Waals surface area contributed by atoms with E-state index in [1.165, 1.54) is 0 Å². The van der Waals surface area contributed by atoms with Gasteiger partial charge in [-0.3, -0.25) is 4.79 Å². The molecule has 1 saturated carbocycles. The number of hydrogen-bond donors (Lipinski definition) is 1. The summed E-state index contributed by atoms with van der Waals surface area (Å²) < 4.78 is 4.94. The van der Waals surface area contributed by atoms with E-state index in [1.54, 1.807) is 13.0 Å². The van der Waals surface area contributed by atoms with Gasteiger partial charge in [-0.05, 0) is 43.4 Å². The highest BCUT2D eigenvalue weighted by atomic mass is 35.5. The summed E-state index contributed by atoms with van der Waals surface area (Å²) in [5.74, 6) is 0.923. The summed E-state index contributed by atoms with van der Waals surface area (Å²) in [6, 6.07) is 9.26. The number of nitrogens with zero attached hydrogens (tertiary/aromatic N) is 1. The Morgan fingerprint density at radius 2 is 2.10 bits per heavy atom. The zero-order valence-electron chi connectivity index (χ0n) is 11.1. The fraction of sp³-hybridized carbons (Fsp3) is 0.333. The normalized spacial score (nSPS) is 15.9. The summed E-state index contributed by atoms with van der Waals surface area (Å²) in [4.78, 5) is 12.2. The number of carbonyl (C=O) groups excluding carboxylic acids is 1. The number of amides is 1. The Kier molecular flexibility index (Phi) is 3.49. The number of nitrogens with one attached hydrogen (secondary N) is 1. The Labute approximate surface area is 122 Å². The first kappa shape index (κ1) is 13.2. The largest absolute Gasteiger partial charge is 0.361 e. The Hall–Kier alpha value is -1.81. The highest BCUT2D eigenvalue weighted by Gasteiger charge is 2.34. The van der Waals surface area contributed by atoms with Crippen molar-refractivity contribution in [2.45, 2.75) is 25.8 Å². The Balaban J connectivity index is 1.78. The van der Waals surface area contributed by atoms with E-state index in [-0.39, 0.29) is 11.9 Å². The average Bonchev–Trinajstić information content (AvgIpc) is 3.18. The molecule has 0 radical (unpaired) electrons. The SMILES string of the molecule is Cc1cc(C(=O)NC(c2ccc(Cl)cc2)C2CC2)no1. The van der Waals surface area contributed by atoms with Gasteiger partial charge in [0, 0.05) is 11.1 Å². The van der Waals surface area contributed by atoms with Gasteiger partial charge in [0.2, 0.25) is 0 Å². The van der Waals surface area contributed by atoms with Crippen molar-refractivity contribution in [3.63, 3.8) is 0 Å². The summed E-state index contributed by atoms with van der Waals surface area (Å²) in [7, 11) is 0. The second kappa shape index (κ2) is 5.29. The minimum atomic E-state index is -0.200. The van der Waals surface area contributed by atoms with Gasteiger partial charge >= 0.3 is 0 Å². The molecule has 1 heterocycles. The van der Waals surface area contributed by atoms with Crippen LogP contribution >= 0.6 is 11.6 Å². The number of aromatic nitrogens is 1. The molecule has 1 fully saturated rings. The van der Waals surface area contributed by atoms with E-state index in [0.717, 1.165) is 18.4 Å². The number of halogens is 1. The molecule has 0 saturated heterocycles.